The van der Waals surface area contributed by atoms with E-state index in [1.54, 1.807) is 6.92 Å². The lowest BCUT2D eigenvalue weighted by Crippen LogP contribution is -2.33. The van der Waals surface area contributed by atoms with Crippen molar-refractivity contribution in [3.05, 3.63) is 11.7 Å². The molecular weight excluding hydrogens is 158 g/mol. The van der Waals surface area contributed by atoms with Crippen LogP contribution in [0.25, 0.3) is 0 Å². The Bertz CT molecular complexity index is 255. The predicted molar refractivity (Wildman–Crippen MR) is 40.6 cm³/mol. The second-order valence-corrected chi connectivity index (χ2v) is 2.74. The summed E-state index contributed by atoms with van der Waals surface area (Å²) in [6.07, 6.45) is -0.0452. The first kappa shape index (κ1) is 7.70. The maximum atomic E-state index is 5.43. The lowest BCUT2D eigenvalue weighted by molar-refractivity contribution is 0.0208. The lowest BCUT2D eigenvalue weighted by atomic mass is 10.3. The Kier molecular flexibility index (Phi) is 2.05. The van der Waals surface area contributed by atoms with E-state index in [9.17, 15) is 0 Å². The van der Waals surface area contributed by atoms with Gasteiger partial charge in [0.15, 0.2) is 0 Å². The van der Waals surface area contributed by atoms with Gasteiger partial charge in [0, 0.05) is 20.0 Å². The molecule has 0 bridgehead atoms. The highest BCUT2D eigenvalue weighted by atomic mass is 16.5. The van der Waals surface area contributed by atoms with Crippen molar-refractivity contribution in [3.8, 4) is 0 Å². The van der Waals surface area contributed by atoms with E-state index < -0.39 is 0 Å². The van der Waals surface area contributed by atoms with E-state index >= 15 is 0 Å². The Labute approximate surface area is 70.1 Å². The van der Waals surface area contributed by atoms with Crippen LogP contribution in [0.1, 0.15) is 17.8 Å². The van der Waals surface area contributed by atoms with Crippen molar-refractivity contribution < 1.29 is 9.26 Å². The SMILES string of the molecule is Cc1nc([C@@H]2CNCCO2)no1. The molecule has 0 spiro atoms. The van der Waals surface area contributed by atoms with Gasteiger partial charge in [-0.05, 0) is 0 Å². The van der Waals surface area contributed by atoms with Crippen molar-refractivity contribution in [1.29, 1.82) is 0 Å². The van der Waals surface area contributed by atoms with Crippen LogP contribution in [-0.2, 0) is 4.74 Å². The highest BCUT2D eigenvalue weighted by molar-refractivity contribution is 4.92. The highest BCUT2D eigenvalue weighted by Gasteiger charge is 2.20. The summed E-state index contributed by atoms with van der Waals surface area (Å²) in [5, 5.41) is 6.98. The number of nitrogens with zero attached hydrogens (tertiary/aromatic N) is 2. The van der Waals surface area contributed by atoms with Crippen LogP contribution in [0, 0.1) is 6.92 Å². The van der Waals surface area contributed by atoms with Crippen LogP contribution in [0.15, 0.2) is 4.52 Å². The van der Waals surface area contributed by atoms with Crippen LogP contribution in [-0.4, -0.2) is 29.8 Å². The third-order valence-corrected chi connectivity index (χ3v) is 1.76. The number of rotatable bonds is 1. The van der Waals surface area contributed by atoms with Crippen molar-refractivity contribution in [1.82, 2.24) is 15.5 Å². The molecule has 1 aromatic heterocycles. The molecule has 0 saturated carbocycles. The normalized spacial score (nSPS) is 24.2. The maximum Gasteiger partial charge on any atom is 0.223 e. The van der Waals surface area contributed by atoms with Gasteiger partial charge in [0.25, 0.3) is 0 Å². The summed E-state index contributed by atoms with van der Waals surface area (Å²) in [6.45, 7) is 4.14. The molecule has 2 heterocycles. The van der Waals surface area contributed by atoms with Crippen molar-refractivity contribution in [2.75, 3.05) is 19.7 Å². The third-order valence-electron chi connectivity index (χ3n) is 1.76. The Morgan fingerprint density at radius 1 is 1.58 bits per heavy atom. The smallest absolute Gasteiger partial charge is 0.223 e. The summed E-state index contributed by atoms with van der Waals surface area (Å²) >= 11 is 0. The van der Waals surface area contributed by atoms with Gasteiger partial charge in [-0.3, -0.25) is 0 Å². The van der Waals surface area contributed by atoms with E-state index in [1.165, 1.54) is 0 Å². The summed E-state index contributed by atoms with van der Waals surface area (Å²) in [4.78, 5) is 4.09. The highest BCUT2D eigenvalue weighted by Crippen LogP contribution is 2.14. The number of hydrogen-bond donors (Lipinski definition) is 1. The van der Waals surface area contributed by atoms with Crippen molar-refractivity contribution in [3.63, 3.8) is 0 Å². The lowest BCUT2D eigenvalue weighted by Gasteiger charge is -2.20. The van der Waals surface area contributed by atoms with E-state index in [2.05, 4.69) is 15.5 Å². The quantitative estimate of drug-likeness (QED) is 0.643. The summed E-state index contributed by atoms with van der Waals surface area (Å²) < 4.78 is 10.3. The molecule has 1 saturated heterocycles. The largest absolute Gasteiger partial charge is 0.367 e. The van der Waals surface area contributed by atoms with E-state index in [0.29, 0.717) is 18.3 Å². The molecule has 1 aliphatic rings. The molecule has 66 valence electrons. The number of ether oxygens (including phenoxy) is 1. The van der Waals surface area contributed by atoms with Gasteiger partial charge in [-0.25, -0.2) is 0 Å². The molecule has 5 heteroatoms. The molecule has 0 radical (unpaired) electrons. The van der Waals surface area contributed by atoms with Gasteiger partial charge in [0.1, 0.15) is 6.10 Å². The summed E-state index contributed by atoms with van der Waals surface area (Å²) in [6, 6.07) is 0. The Balaban J connectivity index is 2.08. The van der Waals surface area contributed by atoms with Crippen LogP contribution in [0.3, 0.4) is 0 Å². The molecule has 2 rings (SSSR count). The second-order valence-electron chi connectivity index (χ2n) is 2.74. The molecule has 1 N–H and O–H groups in total. The molecule has 12 heavy (non-hydrogen) atoms. The zero-order valence-corrected chi connectivity index (χ0v) is 6.91. The maximum absolute atomic E-state index is 5.43. The Morgan fingerprint density at radius 3 is 3.08 bits per heavy atom. The van der Waals surface area contributed by atoms with Crippen molar-refractivity contribution in [2.24, 2.45) is 0 Å². The summed E-state index contributed by atoms with van der Waals surface area (Å²) in [5.41, 5.74) is 0. The number of morpholine rings is 1. The van der Waals surface area contributed by atoms with E-state index in [4.69, 9.17) is 9.26 Å². The molecule has 0 unspecified atom stereocenters. The van der Waals surface area contributed by atoms with Gasteiger partial charge in [-0.15, -0.1) is 0 Å². The number of aryl methyl sites for hydroxylation is 1. The fraction of sp³-hybridized carbons (Fsp3) is 0.714. The van der Waals surface area contributed by atoms with E-state index in [-0.39, 0.29) is 6.10 Å². The minimum Gasteiger partial charge on any atom is -0.367 e. The van der Waals surface area contributed by atoms with E-state index in [0.717, 1.165) is 13.1 Å². The monoisotopic (exact) mass is 169 g/mol. The minimum atomic E-state index is -0.0452. The van der Waals surface area contributed by atoms with Crippen LogP contribution >= 0.6 is 0 Å². The molecule has 1 atom stereocenters. The zero-order valence-electron chi connectivity index (χ0n) is 6.91. The number of nitrogens with one attached hydrogen (secondary N) is 1. The summed E-state index contributed by atoms with van der Waals surface area (Å²) in [7, 11) is 0. The molecule has 1 fully saturated rings. The van der Waals surface area contributed by atoms with Crippen LogP contribution in [0.4, 0.5) is 0 Å². The third kappa shape index (κ3) is 1.46. The fourth-order valence-electron chi connectivity index (χ4n) is 1.18. The molecule has 0 aromatic carbocycles. The van der Waals surface area contributed by atoms with Crippen LogP contribution < -0.4 is 5.32 Å². The van der Waals surface area contributed by atoms with Crippen molar-refractivity contribution >= 4 is 0 Å². The number of hydrogen-bond acceptors (Lipinski definition) is 5. The fourth-order valence-corrected chi connectivity index (χ4v) is 1.18. The average Bonchev–Trinajstić information content (AvgIpc) is 2.54. The first-order valence-electron chi connectivity index (χ1n) is 3.99. The van der Waals surface area contributed by atoms with Gasteiger partial charge in [0.05, 0.1) is 6.61 Å². The Hall–Kier alpha value is -0.940. The molecule has 1 aliphatic heterocycles. The first-order chi connectivity index (χ1) is 5.86. The molecule has 0 aliphatic carbocycles. The molecule has 0 amide bonds. The van der Waals surface area contributed by atoms with E-state index in [1.807, 2.05) is 0 Å². The first-order valence-corrected chi connectivity index (χ1v) is 3.99. The summed E-state index contributed by atoms with van der Waals surface area (Å²) in [5.74, 6) is 1.22. The molecule has 5 nitrogen and oxygen atoms in total. The number of aromatic nitrogens is 2. The van der Waals surface area contributed by atoms with Crippen LogP contribution in [0.2, 0.25) is 0 Å². The van der Waals surface area contributed by atoms with Gasteiger partial charge in [-0.1, -0.05) is 5.16 Å². The molecule has 1 aromatic rings. The van der Waals surface area contributed by atoms with Gasteiger partial charge in [-0.2, -0.15) is 4.98 Å². The predicted octanol–water partition coefficient (Wildman–Crippen LogP) is 0.0389. The van der Waals surface area contributed by atoms with Gasteiger partial charge >= 0.3 is 0 Å². The van der Waals surface area contributed by atoms with Gasteiger partial charge in [0.2, 0.25) is 11.7 Å². The standard InChI is InChI=1S/C7H11N3O2/c1-5-9-7(10-12-5)6-4-8-2-3-11-6/h6,8H,2-4H2,1H3/t6-/m0/s1. The van der Waals surface area contributed by atoms with Crippen molar-refractivity contribution in [2.45, 2.75) is 13.0 Å². The second kappa shape index (κ2) is 3.20. The molecular formula is C7H11N3O2. The Morgan fingerprint density at radius 2 is 2.50 bits per heavy atom. The topological polar surface area (TPSA) is 60.2 Å². The van der Waals surface area contributed by atoms with Crippen LogP contribution in [0.5, 0.6) is 0 Å². The van der Waals surface area contributed by atoms with Gasteiger partial charge < -0.3 is 14.6 Å². The zero-order chi connectivity index (χ0) is 8.39. The average molecular weight is 169 g/mol. The minimum absolute atomic E-state index is 0.0452.